The largest absolute Gasteiger partial charge is 0.392 e. The zero-order chi connectivity index (χ0) is 6.69. The van der Waals surface area contributed by atoms with Crippen molar-refractivity contribution in [3.63, 3.8) is 0 Å². The van der Waals surface area contributed by atoms with Crippen molar-refractivity contribution in [1.82, 2.24) is 0 Å². The van der Waals surface area contributed by atoms with Crippen LogP contribution in [0.5, 0.6) is 0 Å². The Morgan fingerprint density at radius 1 is 1.67 bits per heavy atom. The number of rotatable bonds is 1. The average Bonchev–Trinajstić information content (AvgIpc) is 1.88. The fourth-order valence-corrected chi connectivity index (χ4v) is 1.08. The first-order valence-electron chi connectivity index (χ1n) is 3.28. The van der Waals surface area contributed by atoms with E-state index in [0.717, 1.165) is 24.8 Å². The van der Waals surface area contributed by atoms with Crippen LogP contribution in [-0.2, 0) is 0 Å². The van der Waals surface area contributed by atoms with Crippen molar-refractivity contribution in [3.05, 3.63) is 23.8 Å². The van der Waals surface area contributed by atoms with Gasteiger partial charge >= 0.3 is 0 Å². The van der Waals surface area contributed by atoms with Gasteiger partial charge in [0, 0.05) is 0 Å². The molecular weight excluding hydrogens is 112 g/mol. The van der Waals surface area contributed by atoms with Crippen molar-refractivity contribution in [2.45, 2.75) is 19.3 Å². The summed E-state index contributed by atoms with van der Waals surface area (Å²) in [7, 11) is 0. The summed E-state index contributed by atoms with van der Waals surface area (Å²) in [6.07, 6.45) is 5.18. The van der Waals surface area contributed by atoms with E-state index in [4.69, 9.17) is 5.11 Å². The molecule has 1 heteroatoms. The van der Waals surface area contributed by atoms with Crippen molar-refractivity contribution in [3.8, 4) is 0 Å². The highest BCUT2D eigenvalue weighted by Gasteiger charge is 2.03. The molecule has 0 radical (unpaired) electrons. The first kappa shape index (κ1) is 6.56. The molecule has 9 heavy (non-hydrogen) atoms. The molecule has 0 saturated carbocycles. The monoisotopic (exact) mass is 124 g/mol. The van der Waals surface area contributed by atoms with Crippen LogP contribution < -0.4 is 0 Å². The van der Waals surface area contributed by atoms with Crippen LogP contribution in [0.4, 0.5) is 0 Å². The Balaban J connectivity index is 2.53. The normalized spacial score (nSPS) is 19.7. The van der Waals surface area contributed by atoms with E-state index in [1.165, 1.54) is 5.57 Å². The molecular formula is C8H12O. The molecule has 1 aliphatic rings. The van der Waals surface area contributed by atoms with Crippen molar-refractivity contribution in [1.29, 1.82) is 0 Å². The minimum Gasteiger partial charge on any atom is -0.392 e. The van der Waals surface area contributed by atoms with E-state index >= 15 is 0 Å². The lowest BCUT2D eigenvalue weighted by atomic mass is 9.96. The summed E-state index contributed by atoms with van der Waals surface area (Å²) in [6.45, 7) is 4.07. The second kappa shape index (κ2) is 2.83. The second-order valence-electron chi connectivity index (χ2n) is 2.49. The van der Waals surface area contributed by atoms with Gasteiger partial charge in [0.1, 0.15) is 0 Å². The molecule has 0 aromatic rings. The number of aliphatic hydroxyl groups is 1. The van der Waals surface area contributed by atoms with Crippen LogP contribution in [0.1, 0.15) is 19.3 Å². The van der Waals surface area contributed by atoms with E-state index in [9.17, 15) is 0 Å². The first-order valence-corrected chi connectivity index (χ1v) is 3.28. The maximum Gasteiger partial charge on any atom is 0.0644 e. The van der Waals surface area contributed by atoms with Gasteiger partial charge in [-0.25, -0.2) is 0 Å². The number of aliphatic hydroxyl groups excluding tert-OH is 1. The zero-order valence-electron chi connectivity index (χ0n) is 5.56. The van der Waals surface area contributed by atoms with Gasteiger partial charge in [0.25, 0.3) is 0 Å². The lowest BCUT2D eigenvalue weighted by Gasteiger charge is -2.11. The summed E-state index contributed by atoms with van der Waals surface area (Å²) in [5.41, 5.74) is 2.38. The van der Waals surface area contributed by atoms with Crippen LogP contribution in [0, 0.1) is 0 Å². The molecule has 0 aliphatic heterocycles. The molecule has 0 unspecified atom stereocenters. The molecule has 0 atom stereocenters. The van der Waals surface area contributed by atoms with Crippen molar-refractivity contribution in [2.75, 3.05) is 6.61 Å². The van der Waals surface area contributed by atoms with Gasteiger partial charge in [0.05, 0.1) is 6.61 Å². The summed E-state index contributed by atoms with van der Waals surface area (Å²) >= 11 is 0. The molecule has 0 saturated heterocycles. The topological polar surface area (TPSA) is 20.2 Å². The van der Waals surface area contributed by atoms with Crippen LogP contribution in [0.2, 0.25) is 0 Å². The predicted octanol–water partition coefficient (Wildman–Crippen LogP) is 1.65. The van der Waals surface area contributed by atoms with E-state index in [2.05, 4.69) is 12.7 Å². The van der Waals surface area contributed by atoms with Crippen LogP contribution in [0.3, 0.4) is 0 Å². The molecule has 1 N–H and O–H groups in total. The molecule has 1 nitrogen and oxygen atoms in total. The van der Waals surface area contributed by atoms with Gasteiger partial charge in [0.2, 0.25) is 0 Å². The van der Waals surface area contributed by atoms with E-state index in [1.807, 2.05) is 0 Å². The van der Waals surface area contributed by atoms with Gasteiger partial charge in [-0.1, -0.05) is 18.2 Å². The van der Waals surface area contributed by atoms with Gasteiger partial charge < -0.3 is 5.11 Å². The summed E-state index contributed by atoms with van der Waals surface area (Å²) in [6, 6.07) is 0. The smallest absolute Gasteiger partial charge is 0.0644 e. The third-order valence-corrected chi connectivity index (χ3v) is 1.61. The SMILES string of the molecule is C=C1CCC=C(CO)C1. The minimum atomic E-state index is 0.207. The lowest BCUT2D eigenvalue weighted by molar-refractivity contribution is 0.326. The molecule has 0 aromatic heterocycles. The van der Waals surface area contributed by atoms with Crippen molar-refractivity contribution in [2.24, 2.45) is 0 Å². The fraction of sp³-hybridized carbons (Fsp3) is 0.500. The molecule has 0 bridgehead atoms. The maximum atomic E-state index is 8.70. The van der Waals surface area contributed by atoms with E-state index < -0.39 is 0 Å². The van der Waals surface area contributed by atoms with E-state index in [-0.39, 0.29) is 6.61 Å². The van der Waals surface area contributed by atoms with Crippen molar-refractivity contribution >= 4 is 0 Å². The first-order chi connectivity index (χ1) is 4.33. The number of hydrogen-bond donors (Lipinski definition) is 1. The summed E-state index contributed by atoms with van der Waals surface area (Å²) in [5.74, 6) is 0. The predicted molar refractivity (Wildman–Crippen MR) is 38.2 cm³/mol. The highest BCUT2D eigenvalue weighted by molar-refractivity contribution is 5.18. The summed E-state index contributed by atoms with van der Waals surface area (Å²) in [4.78, 5) is 0. The van der Waals surface area contributed by atoms with Gasteiger partial charge in [-0.2, -0.15) is 0 Å². The Morgan fingerprint density at radius 2 is 2.44 bits per heavy atom. The summed E-state index contributed by atoms with van der Waals surface area (Å²) < 4.78 is 0. The Kier molecular flexibility index (Phi) is 2.06. The highest BCUT2D eigenvalue weighted by Crippen LogP contribution is 2.20. The average molecular weight is 124 g/mol. The molecule has 1 aliphatic carbocycles. The molecule has 0 aromatic carbocycles. The third-order valence-electron chi connectivity index (χ3n) is 1.61. The number of allylic oxidation sites excluding steroid dienone is 2. The van der Waals surface area contributed by atoms with Crippen LogP contribution in [0.15, 0.2) is 23.8 Å². The summed E-state index contributed by atoms with van der Waals surface area (Å²) in [5, 5.41) is 8.70. The van der Waals surface area contributed by atoms with Gasteiger partial charge in [-0.3, -0.25) is 0 Å². The molecule has 0 amide bonds. The fourth-order valence-electron chi connectivity index (χ4n) is 1.08. The van der Waals surface area contributed by atoms with Gasteiger partial charge in [-0.15, -0.1) is 0 Å². The van der Waals surface area contributed by atoms with Crippen LogP contribution in [-0.4, -0.2) is 11.7 Å². The molecule has 50 valence electrons. The highest BCUT2D eigenvalue weighted by atomic mass is 16.3. The second-order valence-corrected chi connectivity index (χ2v) is 2.49. The Hall–Kier alpha value is -0.560. The van der Waals surface area contributed by atoms with E-state index in [0.29, 0.717) is 0 Å². The van der Waals surface area contributed by atoms with Crippen LogP contribution in [0.25, 0.3) is 0 Å². The van der Waals surface area contributed by atoms with E-state index in [1.54, 1.807) is 0 Å². The zero-order valence-corrected chi connectivity index (χ0v) is 5.56. The minimum absolute atomic E-state index is 0.207. The molecule has 0 fully saturated rings. The quantitative estimate of drug-likeness (QED) is 0.527. The van der Waals surface area contributed by atoms with Crippen molar-refractivity contribution < 1.29 is 5.11 Å². The van der Waals surface area contributed by atoms with Gasteiger partial charge in [-0.05, 0) is 24.8 Å². The Bertz CT molecular complexity index is 145. The molecule has 0 heterocycles. The maximum absolute atomic E-state index is 8.70. The molecule has 1 rings (SSSR count). The lowest BCUT2D eigenvalue weighted by Crippen LogP contribution is -1.97. The third kappa shape index (κ3) is 1.68. The Labute approximate surface area is 55.7 Å². The number of hydrogen-bond acceptors (Lipinski definition) is 1. The van der Waals surface area contributed by atoms with Crippen LogP contribution >= 0.6 is 0 Å². The Morgan fingerprint density at radius 3 is 2.89 bits per heavy atom. The van der Waals surface area contributed by atoms with Gasteiger partial charge in [0.15, 0.2) is 0 Å². The standard InChI is InChI=1S/C8H12O/c1-7-3-2-4-8(5-7)6-9/h4,9H,1-3,5-6H2. The molecule has 0 spiro atoms.